The average Bonchev–Trinajstić information content (AvgIpc) is 2.68. The van der Waals surface area contributed by atoms with E-state index >= 15 is 0 Å². The Labute approximate surface area is 186 Å². The summed E-state index contributed by atoms with van der Waals surface area (Å²) in [7, 11) is 0. The minimum atomic E-state index is 0.242. The van der Waals surface area contributed by atoms with E-state index in [1.165, 1.54) is 11.1 Å². The number of ether oxygens (including phenoxy) is 2. The van der Waals surface area contributed by atoms with Gasteiger partial charge in [-0.1, -0.05) is 88.4 Å². The highest BCUT2D eigenvalue weighted by Crippen LogP contribution is 2.26. The lowest BCUT2D eigenvalue weighted by Gasteiger charge is -2.22. The van der Waals surface area contributed by atoms with Gasteiger partial charge in [0.25, 0.3) is 0 Å². The lowest BCUT2D eigenvalue weighted by atomic mass is 9.89. The number of hydrogen-bond acceptors (Lipinski definition) is 2. The van der Waals surface area contributed by atoms with E-state index < -0.39 is 0 Å². The SMILES string of the molecule is CC(C)CC(OC(C)C)c1ccccc1.CC(C)OCC(c1ccccc1)C(C)C. The van der Waals surface area contributed by atoms with Crippen molar-refractivity contribution in [1.82, 2.24) is 0 Å². The molecule has 0 amide bonds. The maximum atomic E-state index is 5.95. The molecule has 0 saturated carbocycles. The first kappa shape index (κ1) is 26.4. The third-order valence-electron chi connectivity index (χ3n) is 4.93. The molecular weight excluding hydrogens is 368 g/mol. The van der Waals surface area contributed by atoms with Gasteiger partial charge in [-0.2, -0.15) is 0 Å². The van der Waals surface area contributed by atoms with Crippen molar-refractivity contribution in [2.24, 2.45) is 11.8 Å². The average molecular weight is 413 g/mol. The zero-order valence-electron chi connectivity index (χ0n) is 20.5. The molecule has 0 fully saturated rings. The summed E-state index contributed by atoms with van der Waals surface area (Å²) in [6.45, 7) is 18.2. The molecule has 0 saturated heterocycles. The standard InChI is InChI=1S/2C14H22O/c1-11(2)14(10-15-12(3)4)13-8-6-5-7-9-13;1-11(2)10-14(15-12(3)4)13-8-6-5-7-9-13/h2*5-9,11-12,14H,10H2,1-4H3. The molecular formula is C28H44O2. The molecule has 30 heavy (non-hydrogen) atoms. The Balaban J connectivity index is 0.000000300. The first-order chi connectivity index (χ1) is 14.2. The van der Waals surface area contributed by atoms with Crippen LogP contribution in [0.15, 0.2) is 60.7 Å². The van der Waals surface area contributed by atoms with Gasteiger partial charge in [-0.15, -0.1) is 0 Å². The van der Waals surface area contributed by atoms with Crippen LogP contribution < -0.4 is 0 Å². The van der Waals surface area contributed by atoms with Crippen LogP contribution in [0, 0.1) is 11.8 Å². The highest BCUT2D eigenvalue weighted by atomic mass is 16.5. The molecule has 2 rings (SSSR count). The second-order valence-corrected chi connectivity index (χ2v) is 9.36. The van der Waals surface area contributed by atoms with Gasteiger partial charge in [0.05, 0.1) is 24.9 Å². The third kappa shape index (κ3) is 10.9. The topological polar surface area (TPSA) is 18.5 Å². The molecule has 0 N–H and O–H groups in total. The van der Waals surface area contributed by atoms with Crippen LogP contribution in [0.1, 0.15) is 85.0 Å². The van der Waals surface area contributed by atoms with E-state index in [-0.39, 0.29) is 12.2 Å². The molecule has 0 aliphatic rings. The van der Waals surface area contributed by atoms with E-state index in [2.05, 4.69) is 110 Å². The Hall–Kier alpha value is -1.64. The Bertz CT molecular complexity index is 637. The van der Waals surface area contributed by atoms with Crippen molar-refractivity contribution in [2.75, 3.05) is 6.61 Å². The fourth-order valence-corrected chi connectivity index (χ4v) is 3.36. The summed E-state index contributed by atoms with van der Waals surface area (Å²) in [5.74, 6) is 1.79. The van der Waals surface area contributed by atoms with E-state index in [9.17, 15) is 0 Å². The first-order valence-electron chi connectivity index (χ1n) is 11.6. The van der Waals surface area contributed by atoms with Crippen molar-refractivity contribution in [2.45, 2.75) is 86.0 Å². The van der Waals surface area contributed by atoms with Crippen molar-refractivity contribution in [3.63, 3.8) is 0 Å². The molecule has 2 atom stereocenters. The Kier molecular flexibility index (Phi) is 12.7. The molecule has 2 nitrogen and oxygen atoms in total. The third-order valence-corrected chi connectivity index (χ3v) is 4.93. The first-order valence-corrected chi connectivity index (χ1v) is 11.6. The molecule has 0 bridgehead atoms. The number of benzene rings is 2. The zero-order valence-corrected chi connectivity index (χ0v) is 20.5. The summed E-state index contributed by atoms with van der Waals surface area (Å²) in [5, 5.41) is 0. The molecule has 168 valence electrons. The van der Waals surface area contributed by atoms with Gasteiger partial charge in [0.2, 0.25) is 0 Å². The van der Waals surface area contributed by atoms with Crippen molar-refractivity contribution in [3.8, 4) is 0 Å². The van der Waals surface area contributed by atoms with E-state index in [1.54, 1.807) is 0 Å². The lowest BCUT2D eigenvalue weighted by Crippen LogP contribution is -2.16. The molecule has 0 spiro atoms. The lowest BCUT2D eigenvalue weighted by molar-refractivity contribution is -0.00487. The van der Waals surface area contributed by atoms with Gasteiger partial charge < -0.3 is 9.47 Å². The predicted molar refractivity (Wildman–Crippen MR) is 130 cm³/mol. The van der Waals surface area contributed by atoms with Gasteiger partial charge in [0.1, 0.15) is 0 Å². The van der Waals surface area contributed by atoms with Crippen LogP contribution in [0.25, 0.3) is 0 Å². The summed E-state index contributed by atoms with van der Waals surface area (Å²) in [5.41, 5.74) is 2.67. The minimum Gasteiger partial charge on any atom is -0.378 e. The van der Waals surface area contributed by atoms with E-state index in [1.807, 2.05) is 6.07 Å². The van der Waals surface area contributed by atoms with Crippen molar-refractivity contribution >= 4 is 0 Å². The van der Waals surface area contributed by atoms with Gasteiger partial charge in [0, 0.05) is 5.92 Å². The second kappa shape index (κ2) is 14.4. The molecule has 0 aromatic heterocycles. The molecule has 0 aliphatic heterocycles. The van der Waals surface area contributed by atoms with Crippen LogP contribution in [0.4, 0.5) is 0 Å². The Morgan fingerprint density at radius 3 is 1.53 bits per heavy atom. The van der Waals surface area contributed by atoms with Crippen LogP contribution >= 0.6 is 0 Å². The molecule has 2 aromatic carbocycles. The maximum Gasteiger partial charge on any atom is 0.0830 e. The summed E-state index contributed by atoms with van der Waals surface area (Å²) in [6, 6.07) is 21.1. The van der Waals surface area contributed by atoms with E-state index in [0.717, 1.165) is 13.0 Å². The molecule has 0 radical (unpaired) electrons. The summed E-state index contributed by atoms with van der Waals surface area (Å²) in [4.78, 5) is 0. The van der Waals surface area contributed by atoms with Gasteiger partial charge in [-0.05, 0) is 57.1 Å². The highest BCUT2D eigenvalue weighted by Gasteiger charge is 2.16. The number of hydrogen-bond donors (Lipinski definition) is 0. The molecule has 2 unspecified atom stereocenters. The second-order valence-electron chi connectivity index (χ2n) is 9.36. The van der Waals surface area contributed by atoms with Gasteiger partial charge in [-0.25, -0.2) is 0 Å². The number of rotatable bonds is 10. The van der Waals surface area contributed by atoms with Crippen molar-refractivity contribution in [3.05, 3.63) is 71.8 Å². The van der Waals surface area contributed by atoms with E-state index in [4.69, 9.17) is 9.47 Å². The van der Waals surface area contributed by atoms with Crippen LogP contribution in [0.2, 0.25) is 0 Å². The molecule has 0 aliphatic carbocycles. The Morgan fingerprint density at radius 1 is 0.633 bits per heavy atom. The molecule has 0 heterocycles. The van der Waals surface area contributed by atoms with Gasteiger partial charge in [-0.3, -0.25) is 0 Å². The summed E-state index contributed by atoms with van der Waals surface area (Å²) in [6.07, 6.45) is 1.93. The minimum absolute atomic E-state index is 0.242. The van der Waals surface area contributed by atoms with Gasteiger partial charge >= 0.3 is 0 Å². The van der Waals surface area contributed by atoms with Crippen molar-refractivity contribution < 1.29 is 9.47 Å². The summed E-state index contributed by atoms with van der Waals surface area (Å²) >= 11 is 0. The largest absolute Gasteiger partial charge is 0.378 e. The fraction of sp³-hybridized carbons (Fsp3) is 0.571. The normalized spacial score (nSPS) is 13.5. The fourth-order valence-electron chi connectivity index (χ4n) is 3.36. The quantitative estimate of drug-likeness (QED) is 0.393. The zero-order chi connectivity index (χ0) is 22.5. The highest BCUT2D eigenvalue weighted by molar-refractivity contribution is 5.20. The van der Waals surface area contributed by atoms with Crippen molar-refractivity contribution in [1.29, 1.82) is 0 Å². The van der Waals surface area contributed by atoms with Gasteiger partial charge in [0.15, 0.2) is 0 Å². The summed E-state index contributed by atoms with van der Waals surface area (Å²) < 4.78 is 11.7. The van der Waals surface area contributed by atoms with Crippen LogP contribution in [-0.4, -0.2) is 18.8 Å². The smallest absolute Gasteiger partial charge is 0.0830 e. The molecule has 2 aromatic rings. The van der Waals surface area contributed by atoms with Crippen LogP contribution in [0.5, 0.6) is 0 Å². The van der Waals surface area contributed by atoms with Crippen LogP contribution in [0.3, 0.4) is 0 Å². The predicted octanol–water partition coefficient (Wildman–Crippen LogP) is 8.05. The van der Waals surface area contributed by atoms with E-state index in [0.29, 0.717) is 23.9 Å². The monoisotopic (exact) mass is 412 g/mol. The Morgan fingerprint density at radius 2 is 1.13 bits per heavy atom. The maximum absolute atomic E-state index is 5.95. The molecule has 2 heteroatoms. The van der Waals surface area contributed by atoms with Crippen LogP contribution in [-0.2, 0) is 9.47 Å².